The van der Waals surface area contributed by atoms with Crippen LogP contribution in [0.25, 0.3) is 11.1 Å². The molecule has 0 unspecified atom stereocenters. The third-order valence-electron chi connectivity index (χ3n) is 3.97. The predicted molar refractivity (Wildman–Crippen MR) is 92.4 cm³/mol. The number of hydrogen-bond acceptors (Lipinski definition) is 4. The van der Waals surface area contributed by atoms with Gasteiger partial charge in [0.1, 0.15) is 5.75 Å². The van der Waals surface area contributed by atoms with Crippen LogP contribution in [0.3, 0.4) is 0 Å². The molecular weight excluding hydrogens is 304 g/mol. The van der Waals surface area contributed by atoms with Crippen molar-refractivity contribution in [3.63, 3.8) is 0 Å². The third kappa shape index (κ3) is 3.15. The van der Waals surface area contributed by atoms with Gasteiger partial charge in [0, 0.05) is 5.56 Å². The molecule has 1 N–H and O–H groups in total. The summed E-state index contributed by atoms with van der Waals surface area (Å²) in [6.07, 6.45) is 1.58. The van der Waals surface area contributed by atoms with E-state index in [4.69, 9.17) is 9.26 Å². The predicted octanol–water partition coefficient (Wildman–Crippen LogP) is 4.22. The third-order valence-corrected chi connectivity index (χ3v) is 3.97. The van der Waals surface area contributed by atoms with Gasteiger partial charge in [-0.2, -0.15) is 0 Å². The average Bonchev–Trinajstić information content (AvgIpc) is 3.05. The number of nitrogens with zero attached hydrogens (tertiary/aromatic N) is 1. The van der Waals surface area contributed by atoms with E-state index in [0.29, 0.717) is 11.4 Å². The van der Waals surface area contributed by atoms with Crippen LogP contribution in [0.5, 0.6) is 5.75 Å². The van der Waals surface area contributed by atoms with Crippen LogP contribution in [-0.2, 0) is 0 Å². The number of aryl methyl sites for hydroxylation is 2. The van der Waals surface area contributed by atoms with E-state index in [1.165, 1.54) is 0 Å². The molecular formula is C19H18N2O3. The van der Waals surface area contributed by atoms with Crippen molar-refractivity contribution < 1.29 is 14.1 Å². The van der Waals surface area contributed by atoms with Crippen molar-refractivity contribution in [2.75, 3.05) is 12.4 Å². The molecule has 0 atom stereocenters. The molecule has 0 bridgehead atoms. The lowest BCUT2D eigenvalue weighted by Gasteiger charge is -2.07. The summed E-state index contributed by atoms with van der Waals surface area (Å²) in [7, 11) is 1.61. The summed E-state index contributed by atoms with van der Waals surface area (Å²) in [4.78, 5) is 12.4. The molecule has 5 heteroatoms. The summed E-state index contributed by atoms with van der Waals surface area (Å²) in [5.41, 5.74) is 4.39. The van der Waals surface area contributed by atoms with Crippen molar-refractivity contribution in [2.45, 2.75) is 13.8 Å². The first-order chi connectivity index (χ1) is 11.6. The van der Waals surface area contributed by atoms with Crippen molar-refractivity contribution in [3.8, 4) is 16.9 Å². The van der Waals surface area contributed by atoms with E-state index >= 15 is 0 Å². The first kappa shape index (κ1) is 15.8. The monoisotopic (exact) mass is 322 g/mol. The summed E-state index contributed by atoms with van der Waals surface area (Å²) >= 11 is 0. The molecule has 0 aliphatic carbocycles. The fourth-order valence-electron chi connectivity index (χ4n) is 2.36. The molecule has 5 nitrogen and oxygen atoms in total. The summed E-state index contributed by atoms with van der Waals surface area (Å²) in [6.45, 7) is 3.98. The van der Waals surface area contributed by atoms with Gasteiger partial charge in [-0.15, -0.1) is 0 Å². The number of methoxy groups -OCH3 is 1. The number of ether oxygens (including phenoxy) is 1. The van der Waals surface area contributed by atoms with Gasteiger partial charge in [0.25, 0.3) is 5.91 Å². The van der Waals surface area contributed by atoms with Crippen LogP contribution in [0.15, 0.2) is 53.2 Å². The molecule has 24 heavy (non-hydrogen) atoms. The SMILES string of the molecule is COc1ccc(-c2cnoc2NC(=O)c2ccc(C)c(C)c2)cc1. The number of benzene rings is 2. The number of hydrogen-bond donors (Lipinski definition) is 1. The zero-order valence-corrected chi connectivity index (χ0v) is 13.8. The topological polar surface area (TPSA) is 64.4 Å². The summed E-state index contributed by atoms with van der Waals surface area (Å²) in [6, 6.07) is 13.0. The second-order valence-corrected chi connectivity index (χ2v) is 5.55. The van der Waals surface area contributed by atoms with E-state index in [1.807, 2.05) is 50.2 Å². The van der Waals surface area contributed by atoms with Crippen LogP contribution in [-0.4, -0.2) is 18.2 Å². The van der Waals surface area contributed by atoms with Crippen LogP contribution in [0.1, 0.15) is 21.5 Å². The molecule has 0 saturated heterocycles. The van der Waals surface area contributed by atoms with E-state index in [2.05, 4.69) is 10.5 Å². The first-order valence-corrected chi connectivity index (χ1v) is 7.56. The van der Waals surface area contributed by atoms with Crippen molar-refractivity contribution in [2.24, 2.45) is 0 Å². The quantitative estimate of drug-likeness (QED) is 0.781. The fourth-order valence-corrected chi connectivity index (χ4v) is 2.36. The first-order valence-electron chi connectivity index (χ1n) is 7.56. The Morgan fingerprint density at radius 3 is 2.50 bits per heavy atom. The molecule has 0 aliphatic heterocycles. The van der Waals surface area contributed by atoms with Crippen molar-refractivity contribution in [1.29, 1.82) is 0 Å². The molecule has 0 saturated carbocycles. The minimum atomic E-state index is -0.232. The van der Waals surface area contributed by atoms with Gasteiger partial charge in [-0.3, -0.25) is 10.1 Å². The van der Waals surface area contributed by atoms with Gasteiger partial charge < -0.3 is 9.26 Å². The van der Waals surface area contributed by atoms with Crippen LogP contribution in [0, 0.1) is 13.8 Å². The molecule has 0 fully saturated rings. The Labute approximate surface area is 140 Å². The molecule has 3 aromatic rings. The molecule has 1 aromatic heterocycles. The fraction of sp³-hybridized carbons (Fsp3) is 0.158. The maximum atomic E-state index is 12.4. The number of carbonyl (C=O) groups is 1. The van der Waals surface area contributed by atoms with E-state index < -0.39 is 0 Å². The summed E-state index contributed by atoms with van der Waals surface area (Å²) < 4.78 is 10.4. The lowest BCUT2D eigenvalue weighted by atomic mass is 10.1. The lowest BCUT2D eigenvalue weighted by Crippen LogP contribution is -2.12. The van der Waals surface area contributed by atoms with Crippen LogP contribution >= 0.6 is 0 Å². The van der Waals surface area contributed by atoms with Crippen LogP contribution in [0.2, 0.25) is 0 Å². The highest BCUT2D eigenvalue weighted by Crippen LogP contribution is 2.29. The average molecular weight is 322 g/mol. The summed E-state index contributed by atoms with van der Waals surface area (Å²) in [5.74, 6) is 0.851. The molecule has 3 rings (SSSR count). The Bertz CT molecular complexity index is 867. The molecule has 122 valence electrons. The number of carbonyl (C=O) groups excluding carboxylic acids is 1. The zero-order valence-electron chi connectivity index (χ0n) is 13.8. The lowest BCUT2D eigenvalue weighted by molar-refractivity contribution is 0.102. The maximum Gasteiger partial charge on any atom is 0.258 e. The Hall–Kier alpha value is -3.08. The Morgan fingerprint density at radius 1 is 1.08 bits per heavy atom. The molecule has 2 aromatic carbocycles. The van der Waals surface area contributed by atoms with Gasteiger partial charge >= 0.3 is 0 Å². The summed E-state index contributed by atoms with van der Waals surface area (Å²) in [5, 5.41) is 6.58. The van der Waals surface area contributed by atoms with Gasteiger partial charge in [-0.05, 0) is 54.8 Å². The normalized spacial score (nSPS) is 10.5. The number of anilines is 1. The highest BCUT2D eigenvalue weighted by atomic mass is 16.5. The maximum absolute atomic E-state index is 12.4. The van der Waals surface area contributed by atoms with Crippen molar-refractivity contribution >= 4 is 11.8 Å². The van der Waals surface area contributed by atoms with Gasteiger partial charge in [0.15, 0.2) is 0 Å². The molecule has 0 radical (unpaired) electrons. The molecule has 1 heterocycles. The minimum Gasteiger partial charge on any atom is -0.497 e. The Morgan fingerprint density at radius 2 is 1.83 bits per heavy atom. The van der Waals surface area contributed by atoms with Gasteiger partial charge in [-0.1, -0.05) is 23.4 Å². The van der Waals surface area contributed by atoms with Crippen molar-refractivity contribution in [3.05, 3.63) is 65.4 Å². The zero-order chi connectivity index (χ0) is 17.1. The van der Waals surface area contributed by atoms with E-state index in [0.717, 1.165) is 28.0 Å². The second-order valence-electron chi connectivity index (χ2n) is 5.55. The van der Waals surface area contributed by atoms with Crippen LogP contribution < -0.4 is 10.1 Å². The smallest absolute Gasteiger partial charge is 0.258 e. The second kappa shape index (κ2) is 6.58. The van der Waals surface area contributed by atoms with E-state index in [-0.39, 0.29) is 5.91 Å². The standard InChI is InChI=1S/C19H18N2O3/c1-12-4-5-15(10-13(12)2)18(22)21-19-17(11-20-24-19)14-6-8-16(23-3)9-7-14/h4-11H,1-3H3,(H,21,22). The van der Waals surface area contributed by atoms with E-state index in [1.54, 1.807) is 19.4 Å². The number of nitrogens with one attached hydrogen (secondary N) is 1. The molecule has 1 amide bonds. The van der Waals surface area contributed by atoms with E-state index in [9.17, 15) is 4.79 Å². The highest BCUT2D eigenvalue weighted by Gasteiger charge is 2.15. The number of aromatic nitrogens is 1. The highest BCUT2D eigenvalue weighted by molar-refractivity contribution is 6.05. The molecule has 0 spiro atoms. The Kier molecular flexibility index (Phi) is 4.33. The largest absolute Gasteiger partial charge is 0.497 e. The molecule has 0 aliphatic rings. The van der Waals surface area contributed by atoms with Crippen molar-refractivity contribution in [1.82, 2.24) is 5.16 Å². The van der Waals surface area contributed by atoms with Gasteiger partial charge in [-0.25, -0.2) is 0 Å². The number of amides is 1. The van der Waals surface area contributed by atoms with Gasteiger partial charge in [0.05, 0.1) is 18.9 Å². The van der Waals surface area contributed by atoms with Crippen LogP contribution in [0.4, 0.5) is 5.88 Å². The Balaban J connectivity index is 1.84. The van der Waals surface area contributed by atoms with Gasteiger partial charge in [0.2, 0.25) is 5.88 Å². The minimum absolute atomic E-state index is 0.232. The number of rotatable bonds is 4.